The third kappa shape index (κ3) is 7.13. The Morgan fingerprint density at radius 1 is 1.05 bits per heavy atom. The van der Waals surface area contributed by atoms with Crippen LogP contribution in [-0.4, -0.2) is 67.4 Å². The Morgan fingerprint density at radius 2 is 1.70 bits per heavy atom. The monoisotopic (exact) mass is 683 g/mol. The zero-order valence-electron chi connectivity index (χ0n) is 23.5. The van der Waals surface area contributed by atoms with Crippen molar-refractivity contribution in [2.75, 3.05) is 34.6 Å². The number of halogens is 2. The Bertz CT molecular complexity index is 1750. The second kappa shape index (κ2) is 13.4. The number of hydrogen-bond acceptors (Lipinski definition) is 8. The van der Waals surface area contributed by atoms with Crippen LogP contribution in [0.3, 0.4) is 0 Å². The van der Waals surface area contributed by atoms with Crippen LogP contribution in [0.2, 0.25) is 10.2 Å². The second-order valence-corrected chi connectivity index (χ2v) is 15.6. The molecule has 1 aliphatic heterocycles. The molecular formula is C28H31Cl2N5O5S3. The minimum Gasteiger partial charge on any atom is -0.322 e. The van der Waals surface area contributed by atoms with Crippen LogP contribution in [-0.2, 0) is 26.9 Å². The van der Waals surface area contributed by atoms with Crippen molar-refractivity contribution >= 4 is 72.1 Å². The molecule has 43 heavy (non-hydrogen) atoms. The van der Waals surface area contributed by atoms with Crippen LogP contribution >= 0.6 is 35.0 Å². The Hall–Kier alpha value is -2.81. The predicted octanol–water partition coefficient (Wildman–Crippen LogP) is 5.29. The maximum atomic E-state index is 13.5. The van der Waals surface area contributed by atoms with Crippen LogP contribution in [0.5, 0.6) is 0 Å². The normalized spacial score (nSPS) is 15.8. The van der Waals surface area contributed by atoms with E-state index in [9.17, 15) is 21.6 Å². The van der Waals surface area contributed by atoms with Crippen LogP contribution in [0.25, 0.3) is 0 Å². The molecule has 1 aliphatic rings. The van der Waals surface area contributed by atoms with E-state index in [1.807, 2.05) is 4.90 Å². The van der Waals surface area contributed by atoms with Gasteiger partial charge in [-0.25, -0.2) is 16.8 Å². The zero-order valence-corrected chi connectivity index (χ0v) is 27.4. The summed E-state index contributed by atoms with van der Waals surface area (Å²) in [6.07, 6.45) is 2.66. The minimum atomic E-state index is -4.20. The van der Waals surface area contributed by atoms with Gasteiger partial charge in [-0.15, -0.1) is 13.2 Å². The van der Waals surface area contributed by atoms with Crippen molar-refractivity contribution in [3.8, 4) is 0 Å². The van der Waals surface area contributed by atoms with Crippen molar-refractivity contribution in [1.82, 2.24) is 14.7 Å². The summed E-state index contributed by atoms with van der Waals surface area (Å²) in [7, 11) is -6.36. The van der Waals surface area contributed by atoms with Gasteiger partial charge in [0.1, 0.15) is 15.8 Å². The molecule has 0 saturated carbocycles. The van der Waals surface area contributed by atoms with E-state index in [2.05, 4.69) is 28.3 Å². The van der Waals surface area contributed by atoms with Crippen molar-refractivity contribution in [3.63, 3.8) is 0 Å². The molecule has 2 heterocycles. The SMILES string of the molecule is C=CC(c1c(C)nn(C)c1Cl)S(=O)(=O)Nc1ccc(Cl)cc1C(=O)Nc1ccc(S(=O)(=O)C(C=C)N2CCSCC2)cc1. The maximum absolute atomic E-state index is 13.5. The first-order valence-electron chi connectivity index (χ1n) is 13.0. The standard InChI is InChI=1S/C28H31Cl2N5O5S3/c1-5-24(26-18(3)32-34(4)27(26)30)43(39,40)33-23-12-7-19(29)17-22(23)28(36)31-20-8-10-21(11-9-20)42(37,38)25(6-2)35-13-15-41-16-14-35/h5-12,17,24-25,33H,1-2,13-16H2,3-4H3,(H,31,36). The fourth-order valence-corrected chi connectivity index (χ4v) is 9.32. The molecule has 1 fully saturated rings. The second-order valence-electron chi connectivity index (χ2n) is 9.70. The predicted molar refractivity (Wildman–Crippen MR) is 174 cm³/mol. The molecule has 2 aromatic carbocycles. The number of rotatable bonds is 11. The molecule has 2 unspecified atom stereocenters. The van der Waals surface area contributed by atoms with E-state index in [0.29, 0.717) is 24.5 Å². The third-order valence-corrected chi connectivity index (χ3v) is 12.2. The molecule has 10 nitrogen and oxygen atoms in total. The topological polar surface area (TPSA) is 130 Å². The van der Waals surface area contributed by atoms with Crippen molar-refractivity contribution in [1.29, 1.82) is 0 Å². The molecule has 230 valence electrons. The van der Waals surface area contributed by atoms with E-state index in [1.54, 1.807) is 25.7 Å². The number of hydrogen-bond donors (Lipinski definition) is 2. The van der Waals surface area contributed by atoms with E-state index in [0.717, 1.165) is 11.5 Å². The average molecular weight is 685 g/mol. The van der Waals surface area contributed by atoms with Gasteiger partial charge < -0.3 is 5.32 Å². The first-order valence-corrected chi connectivity index (χ1v) is 18.0. The summed E-state index contributed by atoms with van der Waals surface area (Å²) in [5.41, 5.74) is 0.888. The van der Waals surface area contributed by atoms with Crippen molar-refractivity contribution in [2.24, 2.45) is 7.05 Å². The zero-order chi connectivity index (χ0) is 31.5. The smallest absolute Gasteiger partial charge is 0.257 e. The van der Waals surface area contributed by atoms with Gasteiger partial charge in [0.05, 0.1) is 21.8 Å². The van der Waals surface area contributed by atoms with Crippen molar-refractivity contribution in [2.45, 2.75) is 22.4 Å². The van der Waals surface area contributed by atoms with E-state index in [1.165, 1.54) is 59.3 Å². The average Bonchev–Trinajstić information content (AvgIpc) is 3.21. The summed E-state index contributed by atoms with van der Waals surface area (Å²) in [5, 5.41) is 5.07. The van der Waals surface area contributed by atoms with Gasteiger partial charge in [-0.3, -0.25) is 19.1 Å². The third-order valence-electron chi connectivity index (χ3n) is 6.87. The molecule has 1 aromatic heterocycles. The number of aromatic nitrogens is 2. The Balaban J connectivity index is 1.57. The summed E-state index contributed by atoms with van der Waals surface area (Å²) in [6.45, 7) is 10.3. The summed E-state index contributed by atoms with van der Waals surface area (Å²) < 4.78 is 57.5. The number of thioether (sulfide) groups is 1. The van der Waals surface area contributed by atoms with Crippen molar-refractivity contribution < 1.29 is 21.6 Å². The summed E-state index contributed by atoms with van der Waals surface area (Å²) in [6, 6.07) is 9.89. The highest BCUT2D eigenvalue weighted by Crippen LogP contribution is 2.34. The number of nitrogens with one attached hydrogen (secondary N) is 2. The van der Waals surface area contributed by atoms with Gasteiger partial charge in [-0.05, 0) is 49.4 Å². The summed E-state index contributed by atoms with van der Waals surface area (Å²) >= 11 is 14.3. The van der Waals surface area contributed by atoms with Gasteiger partial charge in [0.15, 0.2) is 9.84 Å². The molecule has 1 saturated heterocycles. The molecule has 2 N–H and O–H groups in total. The lowest BCUT2D eigenvalue weighted by Crippen LogP contribution is -2.44. The van der Waals surface area contributed by atoms with Gasteiger partial charge in [0.25, 0.3) is 5.91 Å². The van der Waals surface area contributed by atoms with E-state index in [4.69, 9.17) is 23.2 Å². The number of anilines is 2. The van der Waals surface area contributed by atoms with Crippen LogP contribution in [0.15, 0.2) is 72.7 Å². The summed E-state index contributed by atoms with van der Waals surface area (Å²) in [5.74, 6) is 1.02. The number of carbonyl (C=O) groups is 1. The molecule has 0 bridgehead atoms. The highest BCUT2D eigenvalue weighted by atomic mass is 35.5. The highest BCUT2D eigenvalue weighted by Gasteiger charge is 2.33. The molecule has 2 atom stereocenters. The van der Waals surface area contributed by atoms with Gasteiger partial charge in [0.2, 0.25) is 10.0 Å². The fraction of sp³-hybridized carbons (Fsp3) is 0.286. The van der Waals surface area contributed by atoms with Crippen molar-refractivity contribution in [3.05, 3.63) is 94.8 Å². The minimum absolute atomic E-state index is 0.0286. The molecule has 4 rings (SSSR count). The number of aryl methyl sites for hydroxylation is 2. The first-order chi connectivity index (χ1) is 20.3. The Kier molecular flexibility index (Phi) is 10.4. The molecule has 15 heteroatoms. The van der Waals surface area contributed by atoms with Gasteiger partial charge in [-0.1, -0.05) is 35.4 Å². The van der Waals surface area contributed by atoms with E-state index in [-0.39, 0.29) is 31.9 Å². The molecule has 0 aliphatic carbocycles. The van der Waals surface area contributed by atoms with E-state index >= 15 is 0 Å². The van der Waals surface area contributed by atoms with Crippen LogP contribution in [0.1, 0.15) is 26.9 Å². The van der Waals surface area contributed by atoms with Crippen LogP contribution in [0, 0.1) is 6.92 Å². The number of nitrogens with zero attached hydrogens (tertiary/aromatic N) is 3. The molecule has 1 amide bonds. The lowest BCUT2D eigenvalue weighted by Gasteiger charge is -2.32. The van der Waals surface area contributed by atoms with Crippen LogP contribution < -0.4 is 10.0 Å². The number of sulfone groups is 1. The molecule has 3 aromatic rings. The maximum Gasteiger partial charge on any atom is 0.257 e. The Morgan fingerprint density at radius 3 is 2.26 bits per heavy atom. The largest absolute Gasteiger partial charge is 0.322 e. The number of carbonyl (C=O) groups excluding carboxylic acids is 1. The molecule has 0 radical (unpaired) electrons. The molecular weight excluding hydrogens is 653 g/mol. The van der Waals surface area contributed by atoms with Gasteiger partial charge >= 0.3 is 0 Å². The number of sulfonamides is 1. The molecule has 0 spiro atoms. The van der Waals surface area contributed by atoms with Crippen LogP contribution in [0.4, 0.5) is 11.4 Å². The first kappa shape index (κ1) is 33.1. The van der Waals surface area contributed by atoms with E-state index < -0.39 is 36.4 Å². The van der Waals surface area contributed by atoms with Gasteiger partial charge in [0, 0.05) is 47.9 Å². The fourth-order valence-electron chi connectivity index (χ4n) is 4.75. The lowest BCUT2D eigenvalue weighted by atomic mass is 10.1. The lowest BCUT2D eigenvalue weighted by molar-refractivity contribution is 0.102. The number of benzene rings is 2. The Labute approximate surface area is 266 Å². The van der Waals surface area contributed by atoms with Gasteiger partial charge in [-0.2, -0.15) is 16.9 Å². The number of amides is 1. The summed E-state index contributed by atoms with van der Waals surface area (Å²) in [4.78, 5) is 15.3. The highest BCUT2D eigenvalue weighted by molar-refractivity contribution is 7.99. The quantitative estimate of drug-likeness (QED) is 0.261.